The molecule has 3 rings (SSSR count). The standard InChI is InChI=1S/C18H18N2O4S/c1-24-18(21)17(13-7-4-3-5-8-13)20-12-11-14-15(19-25(2,22)23)9-6-10-16(14)20/h3-12,17,19H,1-2H3. The van der Waals surface area contributed by atoms with Gasteiger partial charge in [-0.1, -0.05) is 36.4 Å². The van der Waals surface area contributed by atoms with Crippen molar-refractivity contribution >= 4 is 32.6 Å². The zero-order chi connectivity index (χ0) is 18.0. The van der Waals surface area contributed by atoms with Crippen LogP contribution in [0.5, 0.6) is 0 Å². The van der Waals surface area contributed by atoms with E-state index in [1.807, 2.05) is 36.4 Å². The Balaban J connectivity index is 2.17. The number of fused-ring (bicyclic) bond motifs is 1. The summed E-state index contributed by atoms with van der Waals surface area (Å²) in [6.45, 7) is 0. The SMILES string of the molecule is COC(=O)C(c1ccccc1)n1ccc2c(NS(C)(=O)=O)cccc21. The van der Waals surface area contributed by atoms with Crippen LogP contribution < -0.4 is 4.72 Å². The third-order valence-corrected chi connectivity index (χ3v) is 4.47. The molecule has 1 aromatic heterocycles. The van der Waals surface area contributed by atoms with Crippen LogP contribution in [-0.4, -0.2) is 32.3 Å². The highest BCUT2D eigenvalue weighted by atomic mass is 32.2. The maximum absolute atomic E-state index is 12.4. The fraction of sp³-hybridized carbons (Fsp3) is 0.167. The number of rotatable bonds is 5. The maximum atomic E-state index is 12.4. The van der Waals surface area contributed by atoms with Crippen LogP contribution in [0.15, 0.2) is 60.8 Å². The van der Waals surface area contributed by atoms with Crippen molar-refractivity contribution in [3.8, 4) is 0 Å². The lowest BCUT2D eigenvalue weighted by molar-refractivity contribution is -0.143. The number of anilines is 1. The zero-order valence-electron chi connectivity index (χ0n) is 13.8. The first-order valence-electron chi connectivity index (χ1n) is 7.61. The molecule has 0 radical (unpaired) electrons. The molecule has 0 aliphatic heterocycles. The molecule has 7 heteroatoms. The smallest absolute Gasteiger partial charge is 0.333 e. The molecule has 0 aliphatic rings. The van der Waals surface area contributed by atoms with Gasteiger partial charge in [-0.25, -0.2) is 13.2 Å². The number of benzene rings is 2. The van der Waals surface area contributed by atoms with Crippen molar-refractivity contribution in [1.82, 2.24) is 4.57 Å². The summed E-state index contributed by atoms with van der Waals surface area (Å²) >= 11 is 0. The summed E-state index contributed by atoms with van der Waals surface area (Å²) in [5, 5.41) is 0.706. The van der Waals surface area contributed by atoms with Crippen molar-refractivity contribution in [2.45, 2.75) is 6.04 Å². The summed E-state index contributed by atoms with van der Waals surface area (Å²) < 4.78 is 32.4. The van der Waals surface area contributed by atoms with Crippen LogP contribution in [0.1, 0.15) is 11.6 Å². The molecule has 0 saturated heterocycles. The van der Waals surface area contributed by atoms with Crippen LogP contribution in [0, 0.1) is 0 Å². The van der Waals surface area contributed by atoms with Gasteiger partial charge < -0.3 is 9.30 Å². The molecule has 2 aromatic carbocycles. The molecule has 0 amide bonds. The first kappa shape index (κ1) is 17.0. The molecule has 1 atom stereocenters. The van der Waals surface area contributed by atoms with E-state index in [0.29, 0.717) is 11.1 Å². The largest absolute Gasteiger partial charge is 0.467 e. The molecular formula is C18H18N2O4S. The van der Waals surface area contributed by atoms with Crippen LogP contribution >= 0.6 is 0 Å². The summed E-state index contributed by atoms with van der Waals surface area (Å²) in [5.41, 5.74) is 1.98. The second-order valence-corrected chi connectivity index (χ2v) is 7.42. The highest BCUT2D eigenvalue weighted by Crippen LogP contribution is 2.30. The lowest BCUT2D eigenvalue weighted by Gasteiger charge is -2.18. The first-order chi connectivity index (χ1) is 11.9. The van der Waals surface area contributed by atoms with Gasteiger partial charge in [0.05, 0.1) is 24.6 Å². The maximum Gasteiger partial charge on any atom is 0.333 e. The van der Waals surface area contributed by atoms with Gasteiger partial charge >= 0.3 is 5.97 Å². The highest BCUT2D eigenvalue weighted by molar-refractivity contribution is 7.92. The van der Waals surface area contributed by atoms with E-state index in [1.165, 1.54) is 7.11 Å². The van der Waals surface area contributed by atoms with E-state index in [0.717, 1.165) is 17.3 Å². The molecule has 1 unspecified atom stereocenters. The molecule has 0 fully saturated rings. The number of nitrogens with one attached hydrogen (secondary N) is 1. The normalized spacial score (nSPS) is 12.7. The Hall–Kier alpha value is -2.80. The number of sulfonamides is 1. The van der Waals surface area contributed by atoms with Gasteiger partial charge in [-0.2, -0.15) is 0 Å². The number of hydrogen-bond acceptors (Lipinski definition) is 4. The summed E-state index contributed by atoms with van der Waals surface area (Å²) in [6.07, 6.45) is 2.86. The molecular weight excluding hydrogens is 340 g/mol. The summed E-state index contributed by atoms with van der Waals surface area (Å²) in [6, 6.07) is 15.7. The van der Waals surface area contributed by atoms with Crippen molar-refractivity contribution in [3.63, 3.8) is 0 Å². The fourth-order valence-electron chi connectivity index (χ4n) is 2.86. The summed E-state index contributed by atoms with van der Waals surface area (Å²) in [5.74, 6) is -0.398. The van der Waals surface area contributed by atoms with Crippen LogP contribution in [0.4, 0.5) is 5.69 Å². The predicted octanol–water partition coefficient (Wildman–Crippen LogP) is 2.78. The highest BCUT2D eigenvalue weighted by Gasteiger charge is 2.25. The van der Waals surface area contributed by atoms with E-state index in [1.54, 1.807) is 29.0 Å². The fourth-order valence-corrected chi connectivity index (χ4v) is 3.44. The number of nitrogens with zero attached hydrogens (tertiary/aromatic N) is 1. The van der Waals surface area contributed by atoms with E-state index in [2.05, 4.69) is 4.72 Å². The molecule has 3 aromatic rings. The molecule has 1 heterocycles. The van der Waals surface area contributed by atoms with E-state index in [4.69, 9.17) is 4.74 Å². The average Bonchev–Trinajstić information content (AvgIpc) is 3.00. The molecule has 0 bridgehead atoms. The second-order valence-electron chi connectivity index (χ2n) is 5.67. The third kappa shape index (κ3) is 3.51. The van der Waals surface area contributed by atoms with Gasteiger partial charge in [0.2, 0.25) is 10.0 Å². The number of esters is 1. The molecule has 0 aliphatic carbocycles. The van der Waals surface area contributed by atoms with Crippen LogP contribution in [-0.2, 0) is 19.6 Å². The van der Waals surface area contributed by atoms with Crippen LogP contribution in [0.25, 0.3) is 10.9 Å². The van der Waals surface area contributed by atoms with Crippen molar-refractivity contribution in [2.24, 2.45) is 0 Å². The zero-order valence-corrected chi connectivity index (χ0v) is 14.7. The van der Waals surface area contributed by atoms with E-state index >= 15 is 0 Å². The second kappa shape index (κ2) is 6.60. The third-order valence-electron chi connectivity index (χ3n) is 3.88. The first-order valence-corrected chi connectivity index (χ1v) is 9.50. The van der Waals surface area contributed by atoms with Gasteiger partial charge in [-0.3, -0.25) is 4.72 Å². The van der Waals surface area contributed by atoms with Crippen LogP contribution in [0.2, 0.25) is 0 Å². The van der Waals surface area contributed by atoms with E-state index < -0.39 is 22.0 Å². The lowest BCUT2D eigenvalue weighted by Crippen LogP contribution is -2.21. The topological polar surface area (TPSA) is 77.4 Å². The van der Waals surface area contributed by atoms with Gasteiger partial charge in [0.25, 0.3) is 0 Å². The average molecular weight is 358 g/mol. The number of ether oxygens (including phenoxy) is 1. The Morgan fingerprint density at radius 2 is 1.80 bits per heavy atom. The number of hydrogen-bond donors (Lipinski definition) is 1. The Labute approximate surface area is 146 Å². The monoisotopic (exact) mass is 358 g/mol. The lowest BCUT2D eigenvalue weighted by atomic mass is 10.1. The van der Waals surface area contributed by atoms with E-state index in [-0.39, 0.29) is 0 Å². The summed E-state index contributed by atoms with van der Waals surface area (Å²) in [4.78, 5) is 12.4. The quantitative estimate of drug-likeness (QED) is 0.712. The molecule has 0 spiro atoms. The van der Waals surface area contributed by atoms with Gasteiger partial charge in [0, 0.05) is 11.6 Å². The van der Waals surface area contributed by atoms with Gasteiger partial charge in [-0.05, 0) is 23.8 Å². The number of methoxy groups -OCH3 is 1. The minimum atomic E-state index is -3.40. The number of aromatic nitrogens is 1. The molecule has 0 saturated carbocycles. The van der Waals surface area contributed by atoms with E-state index in [9.17, 15) is 13.2 Å². The Bertz CT molecular complexity index is 1010. The molecule has 1 N–H and O–H groups in total. The molecule has 25 heavy (non-hydrogen) atoms. The Morgan fingerprint density at radius 3 is 2.44 bits per heavy atom. The predicted molar refractivity (Wildman–Crippen MR) is 97.0 cm³/mol. The molecule has 130 valence electrons. The molecule has 6 nitrogen and oxygen atoms in total. The van der Waals surface area contributed by atoms with Crippen molar-refractivity contribution < 1.29 is 17.9 Å². The van der Waals surface area contributed by atoms with Crippen molar-refractivity contribution in [1.29, 1.82) is 0 Å². The number of carbonyl (C=O) groups excluding carboxylic acids is 1. The minimum Gasteiger partial charge on any atom is -0.467 e. The minimum absolute atomic E-state index is 0.398. The Kier molecular flexibility index (Phi) is 4.50. The van der Waals surface area contributed by atoms with Gasteiger partial charge in [-0.15, -0.1) is 0 Å². The van der Waals surface area contributed by atoms with Crippen molar-refractivity contribution in [3.05, 3.63) is 66.4 Å². The van der Waals surface area contributed by atoms with Gasteiger partial charge in [0.15, 0.2) is 6.04 Å². The summed E-state index contributed by atoms with van der Waals surface area (Å²) in [7, 11) is -2.06. The number of carbonyl (C=O) groups is 1. The van der Waals surface area contributed by atoms with Crippen LogP contribution in [0.3, 0.4) is 0 Å². The van der Waals surface area contributed by atoms with Crippen molar-refractivity contribution in [2.75, 3.05) is 18.1 Å². The van der Waals surface area contributed by atoms with Gasteiger partial charge in [0.1, 0.15) is 0 Å². The Morgan fingerprint density at radius 1 is 1.08 bits per heavy atom.